The van der Waals surface area contributed by atoms with Crippen molar-refractivity contribution in [2.45, 2.75) is 13.3 Å². The number of pyridine rings is 1. The van der Waals surface area contributed by atoms with Crippen LogP contribution >= 0.6 is 0 Å². The number of carbonyl (C=O) groups is 1. The molecular formula is C16H13FN4O. The Labute approximate surface area is 125 Å². The molecule has 5 nitrogen and oxygen atoms in total. The summed E-state index contributed by atoms with van der Waals surface area (Å²) in [6.45, 7) is 2.35. The summed E-state index contributed by atoms with van der Waals surface area (Å²) in [6, 6.07) is 6.66. The van der Waals surface area contributed by atoms with Crippen LogP contribution in [0.1, 0.15) is 21.6 Å². The van der Waals surface area contributed by atoms with E-state index < -0.39 is 0 Å². The van der Waals surface area contributed by atoms with Crippen LogP contribution in [0.25, 0.3) is 11.0 Å². The summed E-state index contributed by atoms with van der Waals surface area (Å²) in [4.78, 5) is 18.4. The molecule has 1 aromatic carbocycles. The molecule has 110 valence electrons. The Morgan fingerprint density at radius 2 is 2.27 bits per heavy atom. The Bertz CT molecular complexity index is 902. The third-order valence-corrected chi connectivity index (χ3v) is 4.04. The van der Waals surface area contributed by atoms with E-state index in [1.54, 1.807) is 12.1 Å². The van der Waals surface area contributed by atoms with Crippen LogP contribution in [0.2, 0.25) is 0 Å². The molecule has 0 bridgehead atoms. The number of benzene rings is 1. The molecule has 6 heteroatoms. The van der Waals surface area contributed by atoms with Crippen LogP contribution < -0.4 is 4.90 Å². The van der Waals surface area contributed by atoms with E-state index in [1.165, 1.54) is 17.2 Å². The van der Waals surface area contributed by atoms with Crippen molar-refractivity contribution in [2.75, 3.05) is 11.4 Å². The number of aryl methyl sites for hydroxylation is 1. The van der Waals surface area contributed by atoms with Gasteiger partial charge in [-0.2, -0.15) is 5.10 Å². The number of fused-ring (bicyclic) bond motifs is 2. The van der Waals surface area contributed by atoms with Gasteiger partial charge in [-0.1, -0.05) is 12.1 Å². The van der Waals surface area contributed by atoms with Crippen molar-refractivity contribution in [3.05, 3.63) is 53.1 Å². The van der Waals surface area contributed by atoms with E-state index >= 15 is 0 Å². The summed E-state index contributed by atoms with van der Waals surface area (Å²) in [6.07, 6.45) is 2.16. The molecule has 0 saturated carbocycles. The molecule has 0 fully saturated rings. The Kier molecular flexibility index (Phi) is 2.72. The van der Waals surface area contributed by atoms with Gasteiger partial charge in [0.15, 0.2) is 5.65 Å². The van der Waals surface area contributed by atoms with Crippen LogP contribution in [-0.4, -0.2) is 27.6 Å². The van der Waals surface area contributed by atoms with Crippen LogP contribution in [0.15, 0.2) is 30.5 Å². The molecule has 22 heavy (non-hydrogen) atoms. The number of nitrogens with one attached hydrogen (secondary N) is 1. The quantitative estimate of drug-likeness (QED) is 0.751. The SMILES string of the molecule is Cc1[nH]nc2ncc(C(=O)N3CCc4cccc(F)c43)cc12. The van der Waals surface area contributed by atoms with Gasteiger partial charge in [-0.25, -0.2) is 9.37 Å². The number of halogens is 1. The third-order valence-electron chi connectivity index (χ3n) is 4.04. The molecule has 3 aromatic rings. The number of H-pyrrole nitrogens is 1. The number of amides is 1. The fourth-order valence-corrected chi connectivity index (χ4v) is 2.90. The highest BCUT2D eigenvalue weighted by Gasteiger charge is 2.28. The minimum absolute atomic E-state index is 0.237. The highest BCUT2D eigenvalue weighted by Crippen LogP contribution is 2.32. The van der Waals surface area contributed by atoms with Crippen LogP contribution in [-0.2, 0) is 6.42 Å². The fraction of sp³-hybridized carbons (Fsp3) is 0.188. The van der Waals surface area contributed by atoms with Crippen molar-refractivity contribution < 1.29 is 9.18 Å². The van der Waals surface area contributed by atoms with E-state index in [4.69, 9.17) is 0 Å². The zero-order chi connectivity index (χ0) is 15.3. The Morgan fingerprint density at radius 3 is 3.14 bits per heavy atom. The van der Waals surface area contributed by atoms with Crippen molar-refractivity contribution in [2.24, 2.45) is 0 Å². The summed E-state index contributed by atoms with van der Waals surface area (Å²) in [7, 11) is 0. The highest BCUT2D eigenvalue weighted by atomic mass is 19.1. The van der Waals surface area contributed by atoms with Gasteiger partial charge in [-0.15, -0.1) is 0 Å². The number of rotatable bonds is 1. The first kappa shape index (κ1) is 12.9. The Morgan fingerprint density at radius 1 is 1.41 bits per heavy atom. The van der Waals surface area contributed by atoms with Gasteiger partial charge in [0.2, 0.25) is 0 Å². The zero-order valence-corrected chi connectivity index (χ0v) is 11.9. The van der Waals surface area contributed by atoms with Crippen molar-refractivity contribution in [3.63, 3.8) is 0 Å². The summed E-state index contributed by atoms with van der Waals surface area (Å²) < 4.78 is 14.1. The fourth-order valence-electron chi connectivity index (χ4n) is 2.90. The van der Waals surface area contributed by atoms with E-state index in [9.17, 15) is 9.18 Å². The van der Waals surface area contributed by atoms with Gasteiger partial charge in [0.25, 0.3) is 5.91 Å². The predicted octanol–water partition coefficient (Wildman–Crippen LogP) is 2.61. The molecule has 3 heterocycles. The molecule has 1 N–H and O–H groups in total. The Balaban J connectivity index is 1.77. The molecule has 0 aliphatic carbocycles. The lowest BCUT2D eigenvalue weighted by molar-refractivity contribution is 0.0988. The van der Waals surface area contributed by atoms with Gasteiger partial charge >= 0.3 is 0 Å². The predicted molar refractivity (Wildman–Crippen MR) is 80.4 cm³/mol. The molecule has 1 aliphatic heterocycles. The molecule has 0 radical (unpaired) electrons. The van der Waals surface area contributed by atoms with Gasteiger partial charge in [0, 0.05) is 23.8 Å². The van der Waals surface area contributed by atoms with E-state index in [1.807, 2.05) is 13.0 Å². The number of hydrogen-bond donors (Lipinski definition) is 1. The lowest BCUT2D eigenvalue weighted by atomic mass is 10.1. The third kappa shape index (κ3) is 1.80. The van der Waals surface area contributed by atoms with E-state index in [0.717, 1.165) is 16.6 Å². The molecular weight excluding hydrogens is 283 g/mol. The number of aromatic amines is 1. The number of para-hydroxylation sites is 1. The normalized spacial score (nSPS) is 13.6. The molecule has 0 atom stereocenters. The number of nitrogens with zero attached hydrogens (tertiary/aromatic N) is 3. The smallest absolute Gasteiger partial charge is 0.259 e. The summed E-state index contributed by atoms with van der Waals surface area (Å²) >= 11 is 0. The second-order valence-electron chi connectivity index (χ2n) is 5.40. The summed E-state index contributed by atoms with van der Waals surface area (Å²) in [5.41, 5.74) is 3.11. The average Bonchev–Trinajstić information content (AvgIpc) is 3.12. The number of carbonyl (C=O) groups excluding carboxylic acids is 1. The van der Waals surface area contributed by atoms with Crippen LogP contribution in [0.4, 0.5) is 10.1 Å². The molecule has 2 aromatic heterocycles. The van der Waals surface area contributed by atoms with Gasteiger partial charge in [-0.05, 0) is 31.0 Å². The first-order valence-corrected chi connectivity index (χ1v) is 7.05. The molecule has 1 aliphatic rings. The average molecular weight is 296 g/mol. The summed E-state index contributed by atoms with van der Waals surface area (Å²) in [5.74, 6) is -0.601. The monoisotopic (exact) mass is 296 g/mol. The van der Waals surface area contributed by atoms with Crippen LogP contribution in [0.3, 0.4) is 0 Å². The van der Waals surface area contributed by atoms with Gasteiger partial charge in [0.05, 0.1) is 11.3 Å². The van der Waals surface area contributed by atoms with Gasteiger partial charge in [-0.3, -0.25) is 9.89 Å². The van der Waals surface area contributed by atoms with Crippen molar-refractivity contribution in [1.82, 2.24) is 15.2 Å². The van der Waals surface area contributed by atoms with E-state index in [0.29, 0.717) is 29.9 Å². The largest absolute Gasteiger partial charge is 0.305 e. The topological polar surface area (TPSA) is 61.9 Å². The maximum absolute atomic E-state index is 14.1. The molecule has 0 saturated heterocycles. The lowest BCUT2D eigenvalue weighted by Crippen LogP contribution is -2.29. The Hall–Kier alpha value is -2.76. The highest BCUT2D eigenvalue weighted by molar-refractivity contribution is 6.08. The van der Waals surface area contributed by atoms with Crippen LogP contribution in [0.5, 0.6) is 0 Å². The van der Waals surface area contributed by atoms with Gasteiger partial charge < -0.3 is 4.90 Å². The van der Waals surface area contributed by atoms with Crippen molar-refractivity contribution in [3.8, 4) is 0 Å². The molecule has 4 rings (SSSR count). The van der Waals surface area contributed by atoms with E-state index in [-0.39, 0.29) is 11.7 Å². The second-order valence-corrected chi connectivity index (χ2v) is 5.40. The first-order chi connectivity index (χ1) is 10.6. The standard InChI is InChI=1S/C16H13FN4O/c1-9-12-7-11(8-18-15(12)20-19-9)16(22)21-6-5-10-3-2-4-13(17)14(10)21/h2-4,7-8H,5-6H2,1H3,(H,18,19,20). The minimum atomic E-state index is -0.364. The van der Waals surface area contributed by atoms with Crippen molar-refractivity contribution >= 4 is 22.6 Å². The maximum atomic E-state index is 14.1. The molecule has 0 unspecified atom stereocenters. The van der Waals surface area contributed by atoms with Crippen LogP contribution in [0, 0.1) is 12.7 Å². The number of hydrogen-bond acceptors (Lipinski definition) is 3. The summed E-state index contributed by atoms with van der Waals surface area (Å²) in [5, 5.41) is 7.69. The molecule has 0 spiro atoms. The van der Waals surface area contributed by atoms with Gasteiger partial charge in [0.1, 0.15) is 5.82 Å². The number of anilines is 1. The molecule has 1 amide bonds. The minimum Gasteiger partial charge on any atom is -0.305 e. The second kappa shape index (κ2) is 4.62. The zero-order valence-electron chi connectivity index (χ0n) is 11.9. The lowest BCUT2D eigenvalue weighted by Gasteiger charge is -2.17. The number of aromatic nitrogens is 3. The first-order valence-electron chi connectivity index (χ1n) is 7.05. The maximum Gasteiger partial charge on any atom is 0.259 e. The van der Waals surface area contributed by atoms with E-state index in [2.05, 4.69) is 15.2 Å². The van der Waals surface area contributed by atoms with Crippen molar-refractivity contribution in [1.29, 1.82) is 0 Å².